The maximum absolute atomic E-state index is 12.2. The molecule has 2 nitrogen and oxygen atoms in total. The van der Waals surface area contributed by atoms with Gasteiger partial charge < -0.3 is 5.32 Å². The first kappa shape index (κ1) is 13.7. The maximum atomic E-state index is 12.2. The third-order valence-electron chi connectivity index (χ3n) is 3.10. The fourth-order valence-electron chi connectivity index (χ4n) is 1.79. The molecule has 0 aliphatic heterocycles. The third-order valence-corrected chi connectivity index (χ3v) is 3.82. The normalized spacial score (nSPS) is 10.3. The predicted octanol–water partition coefficient (Wildman–Crippen LogP) is 4.28. The summed E-state index contributed by atoms with van der Waals surface area (Å²) >= 11 is 1.66. The maximum Gasteiger partial charge on any atom is 0.255 e. The Morgan fingerprint density at radius 3 is 2.53 bits per heavy atom. The molecule has 0 heterocycles. The Morgan fingerprint density at radius 2 is 1.84 bits per heavy atom. The van der Waals surface area contributed by atoms with Gasteiger partial charge in [0.2, 0.25) is 0 Å². The molecule has 0 atom stereocenters. The first-order valence-electron chi connectivity index (χ1n) is 6.13. The Hall–Kier alpha value is -1.74. The van der Waals surface area contributed by atoms with Crippen molar-refractivity contribution < 1.29 is 4.79 Å². The Morgan fingerprint density at radius 1 is 1.05 bits per heavy atom. The van der Waals surface area contributed by atoms with E-state index in [9.17, 15) is 4.79 Å². The Labute approximate surface area is 118 Å². The van der Waals surface area contributed by atoms with Crippen LogP contribution in [0.5, 0.6) is 0 Å². The average molecular weight is 271 g/mol. The fraction of sp³-hybridized carbons (Fsp3) is 0.188. The van der Waals surface area contributed by atoms with E-state index in [-0.39, 0.29) is 5.91 Å². The van der Waals surface area contributed by atoms with Crippen molar-refractivity contribution >= 4 is 23.4 Å². The van der Waals surface area contributed by atoms with E-state index in [4.69, 9.17) is 0 Å². The van der Waals surface area contributed by atoms with Crippen LogP contribution in [0, 0.1) is 13.8 Å². The fourth-order valence-corrected chi connectivity index (χ4v) is 2.25. The predicted molar refractivity (Wildman–Crippen MR) is 82.1 cm³/mol. The summed E-state index contributed by atoms with van der Waals surface area (Å²) in [6.45, 7) is 4.05. The average Bonchev–Trinajstić information content (AvgIpc) is 2.42. The molecule has 0 radical (unpaired) electrons. The molecular formula is C16H17NOS. The lowest BCUT2D eigenvalue weighted by Gasteiger charge is -2.08. The number of carbonyl (C=O) groups is 1. The van der Waals surface area contributed by atoms with Gasteiger partial charge in [-0.1, -0.05) is 12.1 Å². The number of aryl methyl sites for hydroxylation is 2. The van der Waals surface area contributed by atoms with Crippen LogP contribution in [-0.4, -0.2) is 12.2 Å². The number of hydrogen-bond donors (Lipinski definition) is 1. The van der Waals surface area contributed by atoms with Gasteiger partial charge in [-0.05, 0) is 61.6 Å². The molecule has 0 fully saturated rings. The van der Waals surface area contributed by atoms with Crippen molar-refractivity contribution in [2.75, 3.05) is 11.6 Å². The van der Waals surface area contributed by atoms with Crippen molar-refractivity contribution in [3.05, 3.63) is 59.2 Å². The zero-order valence-corrected chi connectivity index (χ0v) is 12.2. The second kappa shape index (κ2) is 5.93. The van der Waals surface area contributed by atoms with Gasteiger partial charge in [0.1, 0.15) is 0 Å². The van der Waals surface area contributed by atoms with Crippen LogP contribution >= 0.6 is 11.8 Å². The smallest absolute Gasteiger partial charge is 0.255 e. The second-order valence-electron chi connectivity index (χ2n) is 4.49. The van der Waals surface area contributed by atoms with Crippen LogP contribution in [0.3, 0.4) is 0 Å². The molecule has 0 saturated heterocycles. The van der Waals surface area contributed by atoms with E-state index >= 15 is 0 Å². The molecular weight excluding hydrogens is 254 g/mol. The second-order valence-corrected chi connectivity index (χ2v) is 5.36. The van der Waals surface area contributed by atoms with E-state index in [0.29, 0.717) is 5.56 Å². The molecule has 3 heteroatoms. The number of anilines is 1. The Balaban J connectivity index is 2.18. The number of benzene rings is 2. The summed E-state index contributed by atoms with van der Waals surface area (Å²) in [7, 11) is 0. The molecule has 0 unspecified atom stereocenters. The van der Waals surface area contributed by atoms with Crippen molar-refractivity contribution in [2.45, 2.75) is 18.7 Å². The molecule has 0 aliphatic carbocycles. The molecule has 2 aromatic rings. The highest BCUT2D eigenvalue weighted by molar-refractivity contribution is 7.98. The van der Waals surface area contributed by atoms with Gasteiger partial charge in [-0.3, -0.25) is 4.79 Å². The molecule has 19 heavy (non-hydrogen) atoms. The molecule has 0 aliphatic rings. The lowest BCUT2D eigenvalue weighted by Crippen LogP contribution is -2.12. The molecule has 0 bridgehead atoms. The lowest BCUT2D eigenvalue weighted by molar-refractivity contribution is 0.102. The summed E-state index contributed by atoms with van der Waals surface area (Å²) in [5, 5.41) is 2.93. The van der Waals surface area contributed by atoms with Crippen molar-refractivity contribution in [1.82, 2.24) is 0 Å². The van der Waals surface area contributed by atoms with E-state index in [1.807, 2.05) is 62.6 Å². The van der Waals surface area contributed by atoms with E-state index in [1.54, 1.807) is 11.8 Å². The number of carbonyl (C=O) groups excluding carboxylic acids is 1. The van der Waals surface area contributed by atoms with Crippen LogP contribution in [0.25, 0.3) is 0 Å². The third kappa shape index (κ3) is 3.38. The largest absolute Gasteiger partial charge is 0.322 e. The molecule has 0 aromatic heterocycles. The summed E-state index contributed by atoms with van der Waals surface area (Å²) in [5.74, 6) is -0.0682. The molecule has 1 amide bonds. The van der Waals surface area contributed by atoms with Crippen LogP contribution in [0.15, 0.2) is 47.4 Å². The van der Waals surface area contributed by atoms with Gasteiger partial charge in [-0.2, -0.15) is 0 Å². The summed E-state index contributed by atoms with van der Waals surface area (Å²) < 4.78 is 0. The Bertz CT molecular complexity index is 607. The van der Waals surface area contributed by atoms with Crippen LogP contribution < -0.4 is 5.32 Å². The first-order valence-corrected chi connectivity index (χ1v) is 7.35. The van der Waals surface area contributed by atoms with Gasteiger partial charge in [-0.15, -0.1) is 11.8 Å². The topological polar surface area (TPSA) is 29.1 Å². The zero-order valence-electron chi connectivity index (χ0n) is 11.4. The molecule has 0 saturated carbocycles. The lowest BCUT2D eigenvalue weighted by atomic mass is 10.1. The summed E-state index contributed by atoms with van der Waals surface area (Å²) in [6.07, 6.45) is 2.02. The Kier molecular flexibility index (Phi) is 4.27. The van der Waals surface area contributed by atoms with Crippen molar-refractivity contribution in [3.63, 3.8) is 0 Å². The van der Waals surface area contributed by atoms with Crippen molar-refractivity contribution in [1.29, 1.82) is 0 Å². The summed E-state index contributed by atoms with van der Waals surface area (Å²) in [5.41, 5.74) is 3.85. The van der Waals surface area contributed by atoms with E-state index in [1.165, 1.54) is 5.56 Å². The van der Waals surface area contributed by atoms with Gasteiger partial charge in [-0.25, -0.2) is 0 Å². The number of thioether (sulfide) groups is 1. The minimum atomic E-state index is -0.0682. The first-order chi connectivity index (χ1) is 9.10. The van der Waals surface area contributed by atoms with E-state index in [0.717, 1.165) is 16.1 Å². The van der Waals surface area contributed by atoms with Gasteiger partial charge >= 0.3 is 0 Å². The summed E-state index contributed by atoms with van der Waals surface area (Å²) in [6, 6.07) is 13.6. The SMILES string of the molecule is CSc1cccc(NC(=O)c2ccc(C)c(C)c2)c1. The minimum Gasteiger partial charge on any atom is -0.322 e. The van der Waals surface area contributed by atoms with Gasteiger partial charge in [0.25, 0.3) is 5.91 Å². The zero-order chi connectivity index (χ0) is 13.8. The van der Waals surface area contributed by atoms with Gasteiger partial charge in [0.05, 0.1) is 0 Å². The molecule has 98 valence electrons. The monoisotopic (exact) mass is 271 g/mol. The number of rotatable bonds is 3. The number of hydrogen-bond acceptors (Lipinski definition) is 2. The van der Waals surface area contributed by atoms with Crippen molar-refractivity contribution in [3.8, 4) is 0 Å². The van der Waals surface area contributed by atoms with E-state index < -0.39 is 0 Å². The van der Waals surface area contributed by atoms with Crippen LogP contribution in [0.4, 0.5) is 5.69 Å². The highest BCUT2D eigenvalue weighted by Gasteiger charge is 2.07. The van der Waals surface area contributed by atoms with Crippen molar-refractivity contribution in [2.24, 2.45) is 0 Å². The molecule has 2 rings (SSSR count). The summed E-state index contributed by atoms with van der Waals surface area (Å²) in [4.78, 5) is 13.3. The van der Waals surface area contributed by atoms with Gasteiger partial charge in [0, 0.05) is 16.1 Å². The highest BCUT2D eigenvalue weighted by atomic mass is 32.2. The molecule has 0 spiro atoms. The quantitative estimate of drug-likeness (QED) is 0.844. The minimum absolute atomic E-state index is 0.0682. The van der Waals surface area contributed by atoms with Crippen LogP contribution in [0.1, 0.15) is 21.5 Å². The number of nitrogens with one attached hydrogen (secondary N) is 1. The number of amides is 1. The van der Waals surface area contributed by atoms with Crippen LogP contribution in [0.2, 0.25) is 0 Å². The molecule has 2 aromatic carbocycles. The van der Waals surface area contributed by atoms with Gasteiger partial charge in [0.15, 0.2) is 0 Å². The standard InChI is InChI=1S/C16H17NOS/c1-11-7-8-13(9-12(11)2)16(18)17-14-5-4-6-15(10-14)19-3/h4-10H,1-3H3,(H,17,18). The molecule has 1 N–H and O–H groups in total. The van der Waals surface area contributed by atoms with E-state index in [2.05, 4.69) is 5.32 Å². The highest BCUT2D eigenvalue weighted by Crippen LogP contribution is 2.20. The van der Waals surface area contributed by atoms with Crippen LogP contribution in [-0.2, 0) is 0 Å².